The number of aliphatic hydroxyl groups excluding tert-OH is 2. The molecule has 0 unspecified atom stereocenters. The molecule has 9 nitrogen and oxygen atoms in total. The summed E-state index contributed by atoms with van der Waals surface area (Å²) in [5.41, 5.74) is 5.68. The molecule has 0 radical (unpaired) electrons. The molecule has 0 spiro atoms. The Hall–Kier alpha value is -2.75. The number of ether oxygens (including phenoxy) is 2. The van der Waals surface area contributed by atoms with E-state index in [0.717, 1.165) is 10.1 Å². The number of hydrogen-bond acceptors (Lipinski definition) is 8. The van der Waals surface area contributed by atoms with Gasteiger partial charge in [-0.15, -0.1) is 0 Å². The van der Waals surface area contributed by atoms with E-state index in [1.165, 1.54) is 6.20 Å². The molecule has 1 aliphatic rings. The summed E-state index contributed by atoms with van der Waals surface area (Å²) in [4.78, 5) is 28.0. The number of rotatable bonds is 5. The van der Waals surface area contributed by atoms with Gasteiger partial charge in [-0.3, -0.25) is 4.57 Å². The maximum atomic E-state index is 12.3. The van der Waals surface area contributed by atoms with Crippen molar-refractivity contribution in [3.63, 3.8) is 0 Å². The maximum Gasteiger partial charge on any atom is 0.351 e. The second-order valence-corrected chi connectivity index (χ2v) is 5.91. The molecule has 0 aliphatic carbocycles. The van der Waals surface area contributed by atoms with Crippen LogP contribution in [0.3, 0.4) is 0 Å². The molecule has 1 fully saturated rings. The number of aromatic nitrogens is 2. The lowest BCUT2D eigenvalue weighted by molar-refractivity contribution is -0.0459. The van der Waals surface area contributed by atoms with E-state index in [-0.39, 0.29) is 31.0 Å². The molecule has 2 aromatic rings. The van der Waals surface area contributed by atoms with Crippen molar-refractivity contribution in [3.05, 3.63) is 58.1 Å². The van der Waals surface area contributed by atoms with Crippen molar-refractivity contribution < 1.29 is 24.5 Å². The van der Waals surface area contributed by atoms with Gasteiger partial charge in [-0.1, -0.05) is 30.3 Å². The summed E-state index contributed by atoms with van der Waals surface area (Å²) in [5, 5.41) is 19.0. The number of carbonyl (C=O) groups excluding carboxylic acids is 1. The first-order chi connectivity index (χ1) is 12.5. The molecule has 3 atom stereocenters. The van der Waals surface area contributed by atoms with E-state index < -0.39 is 30.1 Å². The van der Waals surface area contributed by atoms with Crippen molar-refractivity contribution in [1.82, 2.24) is 9.55 Å². The average Bonchev–Trinajstić information content (AvgIpc) is 3.01. The fraction of sp³-hybridized carbons (Fsp3) is 0.353. The van der Waals surface area contributed by atoms with Gasteiger partial charge in [0.2, 0.25) is 0 Å². The second-order valence-electron chi connectivity index (χ2n) is 5.91. The number of nitrogens with zero attached hydrogens (tertiary/aromatic N) is 2. The Morgan fingerprint density at radius 2 is 2.12 bits per heavy atom. The highest BCUT2D eigenvalue weighted by atomic mass is 16.5. The van der Waals surface area contributed by atoms with Crippen LogP contribution in [0.2, 0.25) is 0 Å². The molecule has 1 saturated heterocycles. The standard InChI is InChI=1S/C17H19N3O6/c18-15-11(16(23)25-9-10-4-2-1-3-5-10)7-20(17(24)19-15)14-6-12(22)13(8-21)26-14/h1-5,7,12-14,21-22H,6,8-9H2,(H2,18,19,24)/t12-,13+,14-/m1/s1. The van der Waals surface area contributed by atoms with Gasteiger partial charge in [0.05, 0.1) is 12.7 Å². The number of nitrogens with two attached hydrogens (primary N) is 1. The van der Waals surface area contributed by atoms with Crippen LogP contribution >= 0.6 is 0 Å². The van der Waals surface area contributed by atoms with Gasteiger partial charge in [-0.05, 0) is 5.56 Å². The number of esters is 1. The van der Waals surface area contributed by atoms with E-state index in [4.69, 9.17) is 20.3 Å². The molecule has 0 bridgehead atoms. The van der Waals surface area contributed by atoms with Crippen LogP contribution in [0.15, 0.2) is 41.3 Å². The minimum Gasteiger partial charge on any atom is -0.457 e. The van der Waals surface area contributed by atoms with Crippen molar-refractivity contribution in [2.45, 2.75) is 31.5 Å². The van der Waals surface area contributed by atoms with E-state index >= 15 is 0 Å². The molecule has 2 heterocycles. The van der Waals surface area contributed by atoms with Gasteiger partial charge in [0.1, 0.15) is 30.3 Å². The quantitative estimate of drug-likeness (QED) is 0.624. The van der Waals surface area contributed by atoms with Gasteiger partial charge < -0.3 is 25.4 Å². The van der Waals surface area contributed by atoms with Gasteiger partial charge in [0.15, 0.2) is 0 Å². The highest BCUT2D eigenvalue weighted by Gasteiger charge is 2.35. The number of hydrogen-bond donors (Lipinski definition) is 3. The molecule has 26 heavy (non-hydrogen) atoms. The van der Waals surface area contributed by atoms with E-state index in [2.05, 4.69) is 4.98 Å². The summed E-state index contributed by atoms with van der Waals surface area (Å²) in [6.45, 7) is -0.343. The highest BCUT2D eigenvalue weighted by molar-refractivity contribution is 5.93. The Balaban J connectivity index is 1.79. The summed E-state index contributed by atoms with van der Waals surface area (Å²) >= 11 is 0. The number of aliphatic hydroxyl groups is 2. The van der Waals surface area contributed by atoms with Gasteiger partial charge in [-0.25, -0.2) is 9.59 Å². The van der Waals surface area contributed by atoms with Crippen molar-refractivity contribution in [3.8, 4) is 0 Å². The molecular formula is C17H19N3O6. The third-order valence-corrected chi connectivity index (χ3v) is 4.11. The van der Waals surface area contributed by atoms with Crippen LogP contribution in [0.1, 0.15) is 28.6 Å². The van der Waals surface area contributed by atoms with Gasteiger partial charge >= 0.3 is 11.7 Å². The van der Waals surface area contributed by atoms with E-state index in [0.29, 0.717) is 0 Å². The normalized spacial score (nSPS) is 22.3. The predicted octanol–water partition coefficient (Wildman–Crippen LogP) is -0.177. The lowest BCUT2D eigenvalue weighted by Gasteiger charge is -2.16. The fourth-order valence-corrected chi connectivity index (χ4v) is 2.70. The zero-order valence-corrected chi connectivity index (χ0v) is 13.8. The van der Waals surface area contributed by atoms with Crippen LogP contribution in [0.4, 0.5) is 5.82 Å². The number of nitrogen functional groups attached to an aromatic ring is 1. The Labute approximate surface area is 148 Å². The molecule has 9 heteroatoms. The van der Waals surface area contributed by atoms with Gasteiger partial charge in [0, 0.05) is 12.6 Å². The zero-order chi connectivity index (χ0) is 18.7. The molecule has 0 saturated carbocycles. The van der Waals surface area contributed by atoms with Crippen LogP contribution in [-0.2, 0) is 16.1 Å². The first-order valence-electron chi connectivity index (χ1n) is 8.03. The largest absolute Gasteiger partial charge is 0.457 e. The summed E-state index contributed by atoms with van der Waals surface area (Å²) in [6, 6.07) is 9.09. The van der Waals surface area contributed by atoms with Crippen molar-refractivity contribution in [2.24, 2.45) is 0 Å². The third-order valence-electron chi connectivity index (χ3n) is 4.11. The Morgan fingerprint density at radius 3 is 2.77 bits per heavy atom. The predicted molar refractivity (Wildman–Crippen MR) is 90.1 cm³/mol. The monoisotopic (exact) mass is 361 g/mol. The molecule has 4 N–H and O–H groups in total. The topological polar surface area (TPSA) is 137 Å². The van der Waals surface area contributed by atoms with Crippen LogP contribution in [-0.4, -0.2) is 44.5 Å². The smallest absolute Gasteiger partial charge is 0.351 e. The lowest BCUT2D eigenvalue weighted by Crippen LogP contribution is -2.30. The first kappa shape index (κ1) is 18.1. The minimum absolute atomic E-state index is 0.0451. The Kier molecular flexibility index (Phi) is 5.31. The van der Waals surface area contributed by atoms with Crippen LogP contribution in [0.5, 0.6) is 0 Å². The average molecular weight is 361 g/mol. The third kappa shape index (κ3) is 3.74. The van der Waals surface area contributed by atoms with E-state index in [1.807, 2.05) is 18.2 Å². The Bertz CT molecular complexity index is 838. The summed E-state index contributed by atoms with van der Waals surface area (Å²) in [5.74, 6) is -0.980. The summed E-state index contributed by atoms with van der Waals surface area (Å²) < 4.78 is 11.7. The Morgan fingerprint density at radius 1 is 1.38 bits per heavy atom. The van der Waals surface area contributed by atoms with E-state index in [9.17, 15) is 14.7 Å². The number of carbonyl (C=O) groups is 1. The molecule has 3 rings (SSSR count). The molecule has 1 aliphatic heterocycles. The minimum atomic E-state index is -0.928. The first-order valence-corrected chi connectivity index (χ1v) is 8.03. The van der Waals surface area contributed by atoms with Crippen molar-refractivity contribution in [1.29, 1.82) is 0 Å². The van der Waals surface area contributed by atoms with Crippen LogP contribution in [0, 0.1) is 0 Å². The highest BCUT2D eigenvalue weighted by Crippen LogP contribution is 2.27. The molecule has 1 aromatic carbocycles. The molecule has 138 valence electrons. The summed E-state index contributed by atoms with van der Waals surface area (Å²) in [6.07, 6.45) is -1.31. The molecular weight excluding hydrogens is 342 g/mol. The maximum absolute atomic E-state index is 12.3. The summed E-state index contributed by atoms with van der Waals surface area (Å²) in [7, 11) is 0. The van der Waals surface area contributed by atoms with Crippen LogP contribution in [0.25, 0.3) is 0 Å². The number of benzene rings is 1. The van der Waals surface area contributed by atoms with Gasteiger partial charge in [0.25, 0.3) is 0 Å². The lowest BCUT2D eigenvalue weighted by atomic mass is 10.2. The second kappa shape index (κ2) is 7.65. The van der Waals surface area contributed by atoms with Crippen molar-refractivity contribution >= 4 is 11.8 Å². The molecule has 0 amide bonds. The number of anilines is 1. The molecule has 1 aromatic heterocycles. The SMILES string of the molecule is Nc1nc(=O)n([C@H]2C[C@@H](O)[C@H](CO)O2)cc1C(=O)OCc1ccccc1. The van der Waals surface area contributed by atoms with E-state index in [1.54, 1.807) is 12.1 Å². The zero-order valence-electron chi connectivity index (χ0n) is 13.8. The van der Waals surface area contributed by atoms with Gasteiger partial charge in [-0.2, -0.15) is 4.98 Å². The van der Waals surface area contributed by atoms with Crippen molar-refractivity contribution in [2.75, 3.05) is 12.3 Å². The fourth-order valence-electron chi connectivity index (χ4n) is 2.70. The van der Waals surface area contributed by atoms with Crippen LogP contribution < -0.4 is 11.4 Å².